The van der Waals surface area contributed by atoms with Crippen LogP contribution in [0.2, 0.25) is 0 Å². The van der Waals surface area contributed by atoms with Crippen LogP contribution in [0.25, 0.3) is 0 Å². The third-order valence-electron chi connectivity index (χ3n) is 3.45. The minimum absolute atomic E-state index is 0.131. The number of unbranched alkanes of at least 4 members (excludes halogenated alkanes) is 4. The number of nitrogen functional groups attached to an aromatic ring is 1. The largest absolute Gasteiger partial charge is 0.481 e. The summed E-state index contributed by atoms with van der Waals surface area (Å²) in [6.07, 6.45) is 7.11. The van der Waals surface area contributed by atoms with Gasteiger partial charge in [0.05, 0.1) is 5.69 Å². The van der Waals surface area contributed by atoms with E-state index in [9.17, 15) is 9.59 Å². The van der Waals surface area contributed by atoms with Gasteiger partial charge in [-0.1, -0.05) is 26.2 Å². The zero-order valence-electron chi connectivity index (χ0n) is 12.7. The number of hydrogen-bond donors (Lipinski definition) is 3. The van der Waals surface area contributed by atoms with Gasteiger partial charge in [0.1, 0.15) is 0 Å². The van der Waals surface area contributed by atoms with Crippen LogP contribution in [-0.4, -0.2) is 21.0 Å². The van der Waals surface area contributed by atoms with Gasteiger partial charge in [-0.3, -0.25) is 14.6 Å². The van der Waals surface area contributed by atoms with Gasteiger partial charge in [0, 0.05) is 12.0 Å². The first-order chi connectivity index (χ1) is 10.0. The molecule has 0 bridgehead atoms. The van der Waals surface area contributed by atoms with Crippen LogP contribution in [0.1, 0.15) is 63.1 Å². The number of nitrogens with two attached hydrogens (primary N) is 1. The van der Waals surface area contributed by atoms with Gasteiger partial charge in [0.15, 0.2) is 0 Å². The van der Waals surface area contributed by atoms with E-state index < -0.39 is 5.97 Å². The Morgan fingerprint density at radius 1 is 1.19 bits per heavy atom. The van der Waals surface area contributed by atoms with Crippen LogP contribution in [0, 0.1) is 0 Å². The van der Waals surface area contributed by atoms with E-state index in [0.29, 0.717) is 24.8 Å². The summed E-state index contributed by atoms with van der Waals surface area (Å²) in [5.74, 6) is -0.654. The van der Waals surface area contributed by atoms with Crippen molar-refractivity contribution in [1.82, 2.24) is 9.97 Å². The van der Waals surface area contributed by atoms with Crippen LogP contribution >= 0.6 is 0 Å². The van der Waals surface area contributed by atoms with E-state index in [1.54, 1.807) is 0 Å². The molecule has 1 heterocycles. The first-order valence-corrected chi connectivity index (χ1v) is 7.64. The number of aromatic amines is 1. The summed E-state index contributed by atoms with van der Waals surface area (Å²) in [5, 5.41) is 8.63. The predicted molar refractivity (Wildman–Crippen MR) is 82.3 cm³/mol. The number of aryl methyl sites for hydroxylation is 1. The Morgan fingerprint density at radius 2 is 1.90 bits per heavy atom. The van der Waals surface area contributed by atoms with Gasteiger partial charge >= 0.3 is 5.97 Å². The van der Waals surface area contributed by atoms with Gasteiger partial charge in [-0.2, -0.15) is 0 Å². The van der Waals surface area contributed by atoms with Crippen LogP contribution in [0.15, 0.2) is 4.79 Å². The molecule has 1 aromatic heterocycles. The molecule has 0 aliphatic rings. The first-order valence-electron chi connectivity index (χ1n) is 7.64. The second-order valence-electron chi connectivity index (χ2n) is 5.29. The molecule has 0 spiro atoms. The van der Waals surface area contributed by atoms with Crippen molar-refractivity contribution in [2.45, 2.75) is 64.7 Å². The average Bonchev–Trinajstić information content (AvgIpc) is 2.41. The number of aromatic nitrogens is 2. The van der Waals surface area contributed by atoms with E-state index in [4.69, 9.17) is 10.8 Å². The lowest BCUT2D eigenvalue weighted by molar-refractivity contribution is -0.137. The standard InChI is InChI=1S/C15H25N3O3/c1-2-3-4-5-9-12-11(8-6-7-10-13(19)20)14(21)18-15(16)17-12/h2-10H2,1H3,(H,19,20)(H3,16,17,18,21). The number of carboxylic acids is 1. The summed E-state index contributed by atoms with van der Waals surface area (Å²) in [5.41, 5.74) is 6.84. The molecule has 0 fully saturated rings. The Bertz CT molecular complexity index is 511. The summed E-state index contributed by atoms with van der Waals surface area (Å²) >= 11 is 0. The molecule has 0 amide bonds. The Hall–Kier alpha value is -1.85. The molecule has 0 aliphatic carbocycles. The molecule has 1 rings (SSSR count). The molecule has 6 nitrogen and oxygen atoms in total. The Balaban J connectivity index is 2.66. The molecular weight excluding hydrogens is 270 g/mol. The van der Waals surface area contributed by atoms with Gasteiger partial charge in [-0.25, -0.2) is 4.98 Å². The van der Waals surface area contributed by atoms with Crippen LogP contribution < -0.4 is 11.3 Å². The van der Waals surface area contributed by atoms with Gasteiger partial charge in [0.25, 0.3) is 5.56 Å². The maximum Gasteiger partial charge on any atom is 0.303 e. The van der Waals surface area contributed by atoms with Crippen molar-refractivity contribution < 1.29 is 9.90 Å². The van der Waals surface area contributed by atoms with Crippen molar-refractivity contribution in [3.05, 3.63) is 21.6 Å². The lowest BCUT2D eigenvalue weighted by Gasteiger charge is -2.08. The Labute approximate surface area is 124 Å². The summed E-state index contributed by atoms with van der Waals surface area (Å²) in [6, 6.07) is 0. The SMILES string of the molecule is CCCCCCc1nc(N)[nH]c(=O)c1CCCCC(=O)O. The molecule has 6 heteroatoms. The normalized spacial score (nSPS) is 10.7. The van der Waals surface area contributed by atoms with Gasteiger partial charge in [0.2, 0.25) is 5.95 Å². The molecule has 0 aromatic carbocycles. The number of nitrogens with zero attached hydrogens (tertiary/aromatic N) is 1. The first kappa shape index (κ1) is 17.2. The second-order valence-corrected chi connectivity index (χ2v) is 5.29. The smallest absolute Gasteiger partial charge is 0.303 e. The lowest BCUT2D eigenvalue weighted by atomic mass is 10.0. The fourth-order valence-electron chi connectivity index (χ4n) is 2.33. The summed E-state index contributed by atoms with van der Waals surface area (Å²) in [6.45, 7) is 2.15. The van der Waals surface area contributed by atoms with Crippen LogP contribution in [0.5, 0.6) is 0 Å². The van der Waals surface area contributed by atoms with E-state index in [0.717, 1.165) is 31.4 Å². The topological polar surface area (TPSA) is 109 Å². The third-order valence-corrected chi connectivity index (χ3v) is 3.45. The number of H-pyrrole nitrogens is 1. The zero-order valence-corrected chi connectivity index (χ0v) is 12.7. The fraction of sp³-hybridized carbons (Fsp3) is 0.667. The number of rotatable bonds is 10. The zero-order chi connectivity index (χ0) is 15.7. The van der Waals surface area contributed by atoms with E-state index in [1.807, 2.05) is 0 Å². The van der Waals surface area contributed by atoms with E-state index in [2.05, 4.69) is 16.9 Å². The molecule has 0 aliphatic heterocycles. The van der Waals surface area contributed by atoms with Crippen molar-refractivity contribution in [2.24, 2.45) is 0 Å². The van der Waals surface area contributed by atoms with Crippen molar-refractivity contribution >= 4 is 11.9 Å². The molecule has 0 saturated carbocycles. The number of anilines is 1. The molecule has 21 heavy (non-hydrogen) atoms. The van der Waals surface area contributed by atoms with E-state index in [1.165, 1.54) is 6.42 Å². The predicted octanol–water partition coefficient (Wildman–Crippen LogP) is 2.27. The van der Waals surface area contributed by atoms with Crippen molar-refractivity contribution in [3.8, 4) is 0 Å². The molecular formula is C15H25N3O3. The van der Waals surface area contributed by atoms with Crippen molar-refractivity contribution in [2.75, 3.05) is 5.73 Å². The van der Waals surface area contributed by atoms with Gasteiger partial charge in [-0.15, -0.1) is 0 Å². The molecule has 0 unspecified atom stereocenters. The maximum absolute atomic E-state index is 12.0. The Morgan fingerprint density at radius 3 is 2.57 bits per heavy atom. The molecule has 0 atom stereocenters. The third kappa shape index (κ3) is 6.42. The molecule has 0 saturated heterocycles. The van der Waals surface area contributed by atoms with Crippen molar-refractivity contribution in [3.63, 3.8) is 0 Å². The van der Waals surface area contributed by atoms with Crippen LogP contribution in [0.3, 0.4) is 0 Å². The van der Waals surface area contributed by atoms with Gasteiger partial charge in [-0.05, 0) is 32.1 Å². The highest BCUT2D eigenvalue weighted by molar-refractivity contribution is 5.66. The number of aliphatic carboxylic acids is 1. The minimum Gasteiger partial charge on any atom is -0.481 e. The van der Waals surface area contributed by atoms with Gasteiger partial charge < -0.3 is 10.8 Å². The quantitative estimate of drug-likeness (QED) is 0.574. The number of carboxylic acid groups (broad SMARTS) is 1. The number of nitrogens with one attached hydrogen (secondary N) is 1. The summed E-state index contributed by atoms with van der Waals surface area (Å²) < 4.78 is 0. The van der Waals surface area contributed by atoms with E-state index >= 15 is 0 Å². The highest BCUT2D eigenvalue weighted by Crippen LogP contribution is 2.12. The molecule has 1 aromatic rings. The molecule has 118 valence electrons. The minimum atomic E-state index is -0.806. The summed E-state index contributed by atoms with van der Waals surface area (Å²) in [4.78, 5) is 29.3. The maximum atomic E-state index is 12.0. The highest BCUT2D eigenvalue weighted by atomic mass is 16.4. The van der Waals surface area contributed by atoms with Crippen molar-refractivity contribution in [1.29, 1.82) is 0 Å². The fourth-order valence-corrected chi connectivity index (χ4v) is 2.33. The Kier molecular flexibility index (Phi) is 7.50. The number of carbonyl (C=O) groups is 1. The summed E-state index contributed by atoms with van der Waals surface area (Å²) in [7, 11) is 0. The average molecular weight is 295 g/mol. The lowest BCUT2D eigenvalue weighted by Crippen LogP contribution is -2.20. The number of hydrogen-bond acceptors (Lipinski definition) is 4. The molecule has 4 N–H and O–H groups in total. The highest BCUT2D eigenvalue weighted by Gasteiger charge is 2.10. The van der Waals surface area contributed by atoms with E-state index in [-0.39, 0.29) is 17.9 Å². The monoisotopic (exact) mass is 295 g/mol. The van der Waals surface area contributed by atoms with Crippen LogP contribution in [-0.2, 0) is 17.6 Å². The van der Waals surface area contributed by atoms with Crippen LogP contribution in [0.4, 0.5) is 5.95 Å². The second kappa shape index (κ2) is 9.15. The molecule has 0 radical (unpaired) electrons.